The maximum atomic E-state index is 12.5. The molecule has 1 rings (SSSR count). The molecule has 0 aliphatic carbocycles. The average Bonchev–Trinajstić information content (AvgIpc) is 2.88. The molecule has 0 aromatic carbocycles. The fourth-order valence-electron chi connectivity index (χ4n) is 1.75. The number of hydrogen-bond acceptors (Lipinski definition) is 4. The highest BCUT2D eigenvalue weighted by atomic mass is 16.5. The molecule has 0 bridgehead atoms. The Morgan fingerprint density at radius 2 is 2.10 bits per heavy atom. The van der Waals surface area contributed by atoms with E-state index >= 15 is 0 Å². The molecule has 0 spiro atoms. The monoisotopic (exact) mass is 282 g/mol. The number of ether oxygens (including phenoxy) is 1. The number of nitrogens with zero attached hydrogens (tertiary/aromatic N) is 3. The molecule has 114 valence electrons. The van der Waals surface area contributed by atoms with Gasteiger partial charge in [0.05, 0.1) is 6.61 Å². The Bertz CT molecular complexity index is 437. The molecule has 0 saturated carbocycles. The number of nitrogens with one attached hydrogen (secondary N) is 1. The van der Waals surface area contributed by atoms with Crippen molar-refractivity contribution in [1.82, 2.24) is 20.1 Å². The number of aromatic nitrogens is 3. The third-order valence-corrected chi connectivity index (χ3v) is 3.31. The molecule has 1 atom stereocenters. The molecule has 1 aromatic heterocycles. The first kappa shape index (κ1) is 16.6. The summed E-state index contributed by atoms with van der Waals surface area (Å²) in [6, 6.07) is 0.134. The lowest BCUT2D eigenvalue weighted by Crippen LogP contribution is -2.41. The summed E-state index contributed by atoms with van der Waals surface area (Å²) in [4.78, 5) is 18.6. The largest absolute Gasteiger partial charge is 0.383 e. The highest BCUT2D eigenvalue weighted by Crippen LogP contribution is 2.18. The van der Waals surface area contributed by atoms with Gasteiger partial charge in [-0.3, -0.25) is 9.89 Å². The number of aromatic amines is 1. The van der Waals surface area contributed by atoms with Crippen LogP contribution in [0.3, 0.4) is 0 Å². The van der Waals surface area contributed by atoms with E-state index < -0.39 is 0 Å². The first-order chi connectivity index (χ1) is 9.31. The van der Waals surface area contributed by atoms with E-state index in [2.05, 4.69) is 22.1 Å². The van der Waals surface area contributed by atoms with Gasteiger partial charge in [0.2, 0.25) is 5.82 Å². The van der Waals surface area contributed by atoms with Crippen LogP contribution in [0.25, 0.3) is 0 Å². The maximum absolute atomic E-state index is 12.5. The normalized spacial score (nSPS) is 13.3. The molecule has 1 aromatic rings. The first-order valence-electron chi connectivity index (χ1n) is 7.04. The zero-order chi connectivity index (χ0) is 15.3. The van der Waals surface area contributed by atoms with Crippen molar-refractivity contribution in [3.63, 3.8) is 0 Å². The second-order valence-electron chi connectivity index (χ2n) is 6.01. The van der Waals surface area contributed by atoms with Crippen molar-refractivity contribution in [1.29, 1.82) is 0 Å². The summed E-state index contributed by atoms with van der Waals surface area (Å²) in [5, 5.41) is 6.91. The molecule has 0 saturated heterocycles. The summed E-state index contributed by atoms with van der Waals surface area (Å²) in [5.74, 6) is 0.797. The third kappa shape index (κ3) is 4.03. The molecule has 1 unspecified atom stereocenters. The Labute approximate surface area is 120 Å². The lowest BCUT2D eigenvalue weighted by Gasteiger charge is -2.27. The fraction of sp³-hybridized carbons (Fsp3) is 0.786. The second-order valence-corrected chi connectivity index (χ2v) is 6.01. The Hall–Kier alpha value is -1.43. The van der Waals surface area contributed by atoms with E-state index in [1.54, 1.807) is 12.0 Å². The lowest BCUT2D eigenvalue weighted by atomic mass is 9.96. The molecule has 0 aliphatic rings. The van der Waals surface area contributed by atoms with Gasteiger partial charge < -0.3 is 9.64 Å². The molecule has 6 heteroatoms. The molecule has 1 heterocycles. The van der Waals surface area contributed by atoms with E-state index in [1.165, 1.54) is 0 Å². The van der Waals surface area contributed by atoms with Crippen LogP contribution in [-0.2, 0) is 10.2 Å². The molecular formula is C14H26N4O2. The molecule has 6 nitrogen and oxygen atoms in total. The number of rotatable bonds is 6. The van der Waals surface area contributed by atoms with Gasteiger partial charge in [0.15, 0.2) is 0 Å². The predicted octanol–water partition coefficient (Wildman–Crippen LogP) is 1.99. The highest BCUT2D eigenvalue weighted by Gasteiger charge is 2.26. The third-order valence-electron chi connectivity index (χ3n) is 3.31. The maximum Gasteiger partial charge on any atom is 0.293 e. The van der Waals surface area contributed by atoms with Crippen molar-refractivity contribution in [3.05, 3.63) is 11.6 Å². The van der Waals surface area contributed by atoms with Crippen LogP contribution in [-0.4, -0.2) is 52.3 Å². The average molecular weight is 282 g/mol. The van der Waals surface area contributed by atoms with Gasteiger partial charge in [-0.15, -0.1) is 5.10 Å². The van der Waals surface area contributed by atoms with Gasteiger partial charge in [-0.05, 0) is 13.3 Å². The summed E-state index contributed by atoms with van der Waals surface area (Å²) in [5.41, 5.74) is -0.154. The molecule has 20 heavy (non-hydrogen) atoms. The quantitative estimate of drug-likeness (QED) is 0.866. The van der Waals surface area contributed by atoms with Crippen LogP contribution in [0, 0.1) is 0 Å². The number of hydrogen-bond donors (Lipinski definition) is 1. The number of carbonyl (C=O) groups excluding carboxylic acids is 1. The van der Waals surface area contributed by atoms with Gasteiger partial charge in [-0.2, -0.15) is 0 Å². The van der Waals surface area contributed by atoms with E-state index in [9.17, 15) is 4.79 Å². The predicted molar refractivity (Wildman–Crippen MR) is 77.7 cm³/mol. The zero-order valence-corrected chi connectivity index (χ0v) is 13.4. The van der Waals surface area contributed by atoms with Crippen LogP contribution in [0.4, 0.5) is 0 Å². The van der Waals surface area contributed by atoms with E-state index in [1.807, 2.05) is 27.7 Å². The van der Waals surface area contributed by atoms with Crippen molar-refractivity contribution in [2.24, 2.45) is 0 Å². The number of amides is 1. The summed E-state index contributed by atoms with van der Waals surface area (Å²) >= 11 is 0. The van der Waals surface area contributed by atoms with Crippen molar-refractivity contribution >= 4 is 5.91 Å². The number of carbonyl (C=O) groups is 1. The first-order valence-corrected chi connectivity index (χ1v) is 7.04. The summed E-state index contributed by atoms with van der Waals surface area (Å²) < 4.78 is 5.07. The van der Waals surface area contributed by atoms with Crippen molar-refractivity contribution in [3.8, 4) is 0 Å². The molecular weight excluding hydrogens is 256 g/mol. The molecule has 0 fully saturated rings. The van der Waals surface area contributed by atoms with Crippen molar-refractivity contribution < 1.29 is 9.53 Å². The minimum Gasteiger partial charge on any atom is -0.383 e. The smallest absolute Gasteiger partial charge is 0.293 e. The number of methoxy groups -OCH3 is 1. The van der Waals surface area contributed by atoms with Gasteiger partial charge in [-0.25, -0.2) is 4.98 Å². The van der Waals surface area contributed by atoms with Crippen LogP contribution in [0.1, 0.15) is 57.5 Å². The van der Waals surface area contributed by atoms with Crippen LogP contribution >= 0.6 is 0 Å². The van der Waals surface area contributed by atoms with E-state index in [0.29, 0.717) is 13.2 Å². The van der Waals surface area contributed by atoms with Crippen LogP contribution < -0.4 is 0 Å². The van der Waals surface area contributed by atoms with Crippen molar-refractivity contribution in [2.75, 3.05) is 20.3 Å². The minimum atomic E-state index is -0.154. The van der Waals surface area contributed by atoms with Crippen LogP contribution in [0.15, 0.2) is 0 Å². The Morgan fingerprint density at radius 1 is 1.45 bits per heavy atom. The van der Waals surface area contributed by atoms with Crippen molar-refractivity contribution in [2.45, 2.75) is 52.5 Å². The summed E-state index contributed by atoms with van der Waals surface area (Å²) in [6.45, 7) is 11.2. The van der Waals surface area contributed by atoms with Gasteiger partial charge >= 0.3 is 0 Å². The number of H-pyrrole nitrogens is 1. The van der Waals surface area contributed by atoms with Gasteiger partial charge in [0, 0.05) is 25.1 Å². The Kier molecular flexibility index (Phi) is 5.68. The minimum absolute atomic E-state index is 0.134. The Morgan fingerprint density at radius 3 is 2.55 bits per heavy atom. The van der Waals surface area contributed by atoms with E-state index in [4.69, 9.17) is 4.74 Å². The highest BCUT2D eigenvalue weighted by molar-refractivity contribution is 5.90. The fourth-order valence-corrected chi connectivity index (χ4v) is 1.75. The molecule has 0 radical (unpaired) electrons. The van der Waals surface area contributed by atoms with E-state index in [0.717, 1.165) is 12.2 Å². The van der Waals surface area contributed by atoms with E-state index in [-0.39, 0.29) is 23.2 Å². The van der Waals surface area contributed by atoms with Gasteiger partial charge in [0.1, 0.15) is 5.82 Å². The summed E-state index contributed by atoms with van der Waals surface area (Å²) in [6.07, 6.45) is 0.881. The van der Waals surface area contributed by atoms with Crippen LogP contribution in [0.5, 0.6) is 0 Å². The van der Waals surface area contributed by atoms with Gasteiger partial charge in [0.25, 0.3) is 5.91 Å². The SMILES string of the molecule is CCC(C)N(CCOC)C(=O)c1n[nH]c(C(C)(C)C)n1. The van der Waals surface area contributed by atoms with Gasteiger partial charge in [-0.1, -0.05) is 27.7 Å². The zero-order valence-electron chi connectivity index (χ0n) is 13.4. The Balaban J connectivity index is 2.91. The standard InChI is InChI=1S/C14H26N4O2/c1-7-10(2)18(8-9-20-6)12(19)11-15-13(17-16-11)14(3,4)5/h10H,7-9H2,1-6H3,(H,15,16,17). The molecule has 1 N–H and O–H groups in total. The molecule has 0 aliphatic heterocycles. The second kappa shape index (κ2) is 6.83. The topological polar surface area (TPSA) is 71.1 Å². The molecule has 1 amide bonds. The summed E-state index contributed by atoms with van der Waals surface area (Å²) in [7, 11) is 1.63. The lowest BCUT2D eigenvalue weighted by molar-refractivity contribution is 0.0602. The van der Waals surface area contributed by atoms with Crippen LogP contribution in [0.2, 0.25) is 0 Å².